The van der Waals surface area contributed by atoms with E-state index in [-0.39, 0.29) is 18.7 Å². The van der Waals surface area contributed by atoms with Crippen molar-refractivity contribution in [2.45, 2.75) is 32.9 Å². The zero-order valence-corrected chi connectivity index (χ0v) is 9.94. The van der Waals surface area contributed by atoms with Crippen LogP contribution in [0.5, 0.6) is 0 Å². The number of hydrogen-bond acceptors (Lipinski definition) is 3. The van der Waals surface area contributed by atoms with Gasteiger partial charge in [0, 0.05) is 25.3 Å². The van der Waals surface area contributed by atoms with Crippen molar-refractivity contribution in [2.24, 2.45) is 13.0 Å². The van der Waals surface area contributed by atoms with E-state index in [1.807, 2.05) is 17.8 Å². The summed E-state index contributed by atoms with van der Waals surface area (Å²) in [6.45, 7) is 6.45. The maximum Gasteiger partial charge on any atom is 0.0587 e. The SMILES string of the molecule is CC(NC(CO)C(C)C)c1ccnn1C. The van der Waals surface area contributed by atoms with Crippen molar-refractivity contribution in [1.82, 2.24) is 15.1 Å². The first-order chi connectivity index (χ1) is 7.06. The van der Waals surface area contributed by atoms with E-state index in [4.69, 9.17) is 0 Å². The van der Waals surface area contributed by atoms with Gasteiger partial charge in [0.1, 0.15) is 0 Å². The molecular formula is C11H21N3O. The Kier molecular flexibility index (Phi) is 4.29. The molecule has 0 amide bonds. The maximum atomic E-state index is 9.23. The minimum Gasteiger partial charge on any atom is -0.395 e. The van der Waals surface area contributed by atoms with Crippen molar-refractivity contribution < 1.29 is 5.11 Å². The molecule has 4 nitrogen and oxygen atoms in total. The van der Waals surface area contributed by atoms with Crippen molar-refractivity contribution in [2.75, 3.05) is 6.61 Å². The van der Waals surface area contributed by atoms with Crippen LogP contribution in [0.3, 0.4) is 0 Å². The van der Waals surface area contributed by atoms with Crippen LogP contribution < -0.4 is 5.32 Å². The fourth-order valence-electron chi connectivity index (χ4n) is 1.67. The van der Waals surface area contributed by atoms with Gasteiger partial charge in [0.2, 0.25) is 0 Å². The Bertz CT molecular complexity index is 296. The van der Waals surface area contributed by atoms with Gasteiger partial charge < -0.3 is 10.4 Å². The van der Waals surface area contributed by atoms with Crippen molar-refractivity contribution in [3.8, 4) is 0 Å². The third-order valence-corrected chi connectivity index (χ3v) is 2.77. The molecule has 0 saturated heterocycles. The number of nitrogens with zero attached hydrogens (tertiary/aromatic N) is 2. The molecule has 0 fully saturated rings. The first-order valence-corrected chi connectivity index (χ1v) is 5.41. The fraction of sp³-hybridized carbons (Fsp3) is 0.727. The van der Waals surface area contributed by atoms with E-state index in [2.05, 4.69) is 31.2 Å². The lowest BCUT2D eigenvalue weighted by Gasteiger charge is -2.24. The maximum absolute atomic E-state index is 9.23. The Hall–Kier alpha value is -0.870. The van der Waals surface area contributed by atoms with Crippen LogP contribution in [-0.2, 0) is 7.05 Å². The minimum atomic E-state index is 0.134. The first kappa shape index (κ1) is 12.2. The van der Waals surface area contributed by atoms with Crippen LogP contribution >= 0.6 is 0 Å². The van der Waals surface area contributed by atoms with E-state index >= 15 is 0 Å². The lowest BCUT2D eigenvalue weighted by molar-refractivity contribution is 0.200. The molecule has 1 aromatic heterocycles. The normalized spacial score (nSPS) is 15.6. The molecule has 4 heteroatoms. The third kappa shape index (κ3) is 3.04. The lowest BCUT2D eigenvalue weighted by atomic mass is 10.0. The van der Waals surface area contributed by atoms with Crippen LogP contribution in [0.15, 0.2) is 12.3 Å². The molecule has 1 aromatic rings. The highest BCUT2D eigenvalue weighted by Gasteiger charge is 2.17. The first-order valence-electron chi connectivity index (χ1n) is 5.41. The fourth-order valence-corrected chi connectivity index (χ4v) is 1.67. The highest BCUT2D eigenvalue weighted by Crippen LogP contribution is 2.13. The lowest BCUT2D eigenvalue weighted by Crippen LogP contribution is -2.39. The molecule has 2 unspecified atom stereocenters. The van der Waals surface area contributed by atoms with Gasteiger partial charge in [-0.05, 0) is 18.9 Å². The monoisotopic (exact) mass is 211 g/mol. The molecule has 1 rings (SSSR count). The summed E-state index contributed by atoms with van der Waals surface area (Å²) in [5.41, 5.74) is 1.13. The Labute approximate surface area is 91.3 Å². The van der Waals surface area contributed by atoms with Gasteiger partial charge in [0.15, 0.2) is 0 Å². The van der Waals surface area contributed by atoms with E-state index in [9.17, 15) is 5.11 Å². The van der Waals surface area contributed by atoms with E-state index in [0.29, 0.717) is 5.92 Å². The Morgan fingerprint density at radius 1 is 1.47 bits per heavy atom. The summed E-state index contributed by atoms with van der Waals surface area (Å²) in [5, 5.41) is 16.8. The predicted octanol–water partition coefficient (Wildman–Crippen LogP) is 1.09. The van der Waals surface area contributed by atoms with Crippen LogP contribution in [-0.4, -0.2) is 27.5 Å². The van der Waals surface area contributed by atoms with Gasteiger partial charge >= 0.3 is 0 Å². The molecule has 0 aromatic carbocycles. The zero-order valence-electron chi connectivity index (χ0n) is 9.94. The summed E-state index contributed by atoms with van der Waals surface area (Å²) in [4.78, 5) is 0. The van der Waals surface area contributed by atoms with E-state index in [0.717, 1.165) is 5.69 Å². The number of aliphatic hydroxyl groups excluding tert-OH is 1. The average Bonchev–Trinajstić information content (AvgIpc) is 2.60. The van der Waals surface area contributed by atoms with Gasteiger partial charge in [0.25, 0.3) is 0 Å². The number of aliphatic hydroxyl groups is 1. The topological polar surface area (TPSA) is 50.1 Å². The standard InChI is InChI=1S/C11H21N3O/c1-8(2)10(7-15)13-9(3)11-5-6-12-14(11)4/h5-6,8-10,13,15H,7H2,1-4H3. The molecule has 2 atom stereocenters. The number of aromatic nitrogens is 2. The number of nitrogens with one attached hydrogen (secondary N) is 1. The van der Waals surface area contributed by atoms with Crippen molar-refractivity contribution in [1.29, 1.82) is 0 Å². The van der Waals surface area contributed by atoms with Gasteiger partial charge in [0.05, 0.1) is 12.3 Å². The largest absolute Gasteiger partial charge is 0.395 e. The van der Waals surface area contributed by atoms with Gasteiger partial charge in [-0.15, -0.1) is 0 Å². The minimum absolute atomic E-state index is 0.134. The molecule has 0 aliphatic rings. The number of hydrogen-bond donors (Lipinski definition) is 2. The Balaban J connectivity index is 2.62. The summed E-state index contributed by atoms with van der Waals surface area (Å²) in [6, 6.07) is 2.33. The summed E-state index contributed by atoms with van der Waals surface area (Å²) >= 11 is 0. The average molecular weight is 211 g/mol. The molecular weight excluding hydrogens is 190 g/mol. The highest BCUT2D eigenvalue weighted by molar-refractivity contribution is 5.05. The quantitative estimate of drug-likeness (QED) is 0.766. The molecule has 2 N–H and O–H groups in total. The molecule has 0 saturated carbocycles. The van der Waals surface area contributed by atoms with Crippen molar-refractivity contribution >= 4 is 0 Å². The Morgan fingerprint density at radius 3 is 2.53 bits per heavy atom. The molecule has 0 spiro atoms. The molecule has 0 aliphatic carbocycles. The highest BCUT2D eigenvalue weighted by atomic mass is 16.3. The van der Waals surface area contributed by atoms with Crippen molar-refractivity contribution in [3.05, 3.63) is 18.0 Å². The van der Waals surface area contributed by atoms with Gasteiger partial charge in [-0.25, -0.2) is 0 Å². The second kappa shape index (κ2) is 5.28. The molecule has 15 heavy (non-hydrogen) atoms. The van der Waals surface area contributed by atoms with E-state index in [1.165, 1.54) is 0 Å². The van der Waals surface area contributed by atoms with Crippen LogP contribution in [0.4, 0.5) is 0 Å². The van der Waals surface area contributed by atoms with Crippen LogP contribution in [0.1, 0.15) is 32.5 Å². The molecule has 0 radical (unpaired) electrons. The molecule has 0 aliphatic heterocycles. The summed E-state index contributed by atoms with van der Waals surface area (Å²) in [5.74, 6) is 0.422. The number of aryl methyl sites for hydroxylation is 1. The third-order valence-electron chi connectivity index (χ3n) is 2.77. The number of rotatable bonds is 5. The predicted molar refractivity (Wildman–Crippen MR) is 60.5 cm³/mol. The van der Waals surface area contributed by atoms with Gasteiger partial charge in [-0.3, -0.25) is 4.68 Å². The second-order valence-corrected chi connectivity index (χ2v) is 4.30. The van der Waals surface area contributed by atoms with Gasteiger partial charge in [-0.2, -0.15) is 5.10 Å². The molecule has 0 bridgehead atoms. The molecule has 86 valence electrons. The summed E-state index contributed by atoms with van der Waals surface area (Å²) in [7, 11) is 1.93. The van der Waals surface area contributed by atoms with E-state index in [1.54, 1.807) is 6.20 Å². The van der Waals surface area contributed by atoms with Gasteiger partial charge in [-0.1, -0.05) is 13.8 Å². The van der Waals surface area contributed by atoms with E-state index < -0.39 is 0 Å². The summed E-state index contributed by atoms with van der Waals surface area (Å²) < 4.78 is 1.85. The Morgan fingerprint density at radius 2 is 2.13 bits per heavy atom. The van der Waals surface area contributed by atoms with Crippen LogP contribution in [0.25, 0.3) is 0 Å². The molecule has 1 heterocycles. The van der Waals surface area contributed by atoms with Crippen molar-refractivity contribution in [3.63, 3.8) is 0 Å². The smallest absolute Gasteiger partial charge is 0.0587 e. The zero-order chi connectivity index (χ0) is 11.4. The summed E-state index contributed by atoms with van der Waals surface area (Å²) in [6.07, 6.45) is 1.79. The van der Waals surface area contributed by atoms with Crippen LogP contribution in [0, 0.1) is 5.92 Å². The second-order valence-electron chi connectivity index (χ2n) is 4.30. The van der Waals surface area contributed by atoms with Crippen LogP contribution in [0.2, 0.25) is 0 Å².